The molecule has 8 nitrogen and oxygen atoms in total. The summed E-state index contributed by atoms with van der Waals surface area (Å²) in [4.78, 5) is 48.7. The quantitative estimate of drug-likeness (QED) is 0.485. The van der Waals surface area contributed by atoms with E-state index in [-0.39, 0.29) is 12.8 Å². The lowest BCUT2D eigenvalue weighted by Crippen LogP contribution is -2.63. The molecule has 1 fully saturated rings. The van der Waals surface area contributed by atoms with Gasteiger partial charge in [0, 0.05) is 17.9 Å². The Hall–Kier alpha value is -3.39. The van der Waals surface area contributed by atoms with Gasteiger partial charge in [0.25, 0.3) is 0 Å². The van der Waals surface area contributed by atoms with Crippen LogP contribution in [0.25, 0.3) is 0 Å². The SMILES string of the molecule is O=C(C[C@@H]1NC(=O)[C@H](Cc2ccccc2)NC1=O)N[C@@H](Cc1ccc(Cl)cc1)C(=O)O. The Kier molecular flexibility index (Phi) is 7.25. The Balaban J connectivity index is 1.55. The fraction of sp³-hybridized carbons (Fsp3) is 0.273. The van der Waals surface area contributed by atoms with Gasteiger partial charge in [-0.2, -0.15) is 0 Å². The van der Waals surface area contributed by atoms with Crippen molar-refractivity contribution in [2.45, 2.75) is 37.4 Å². The van der Waals surface area contributed by atoms with Gasteiger partial charge in [0.15, 0.2) is 0 Å². The zero-order valence-corrected chi connectivity index (χ0v) is 17.3. The first-order chi connectivity index (χ1) is 14.8. The zero-order valence-electron chi connectivity index (χ0n) is 16.5. The second kappa shape index (κ2) is 10.1. The molecule has 31 heavy (non-hydrogen) atoms. The van der Waals surface area contributed by atoms with E-state index in [1.165, 1.54) is 0 Å². The molecule has 0 bridgehead atoms. The molecule has 1 aliphatic rings. The number of carbonyl (C=O) groups excluding carboxylic acids is 3. The number of halogens is 1. The highest BCUT2D eigenvalue weighted by molar-refractivity contribution is 6.30. The highest BCUT2D eigenvalue weighted by atomic mass is 35.5. The van der Waals surface area contributed by atoms with Crippen molar-refractivity contribution >= 4 is 35.3 Å². The van der Waals surface area contributed by atoms with Crippen molar-refractivity contribution in [3.63, 3.8) is 0 Å². The van der Waals surface area contributed by atoms with Gasteiger partial charge in [-0.25, -0.2) is 4.79 Å². The minimum Gasteiger partial charge on any atom is -0.480 e. The standard InChI is InChI=1S/C22H22ClN3O5/c23-15-8-6-14(7-9-15)11-18(22(30)31)24-19(27)12-17-21(29)25-16(20(28)26-17)10-13-4-2-1-3-5-13/h1-9,16-18H,10-12H2,(H,24,27)(H,25,29)(H,26,28)(H,30,31)/t16-,17-,18-/m0/s1. The maximum Gasteiger partial charge on any atom is 0.326 e. The van der Waals surface area contributed by atoms with Gasteiger partial charge in [-0.05, 0) is 23.3 Å². The molecule has 3 atom stereocenters. The van der Waals surface area contributed by atoms with Crippen molar-refractivity contribution in [1.82, 2.24) is 16.0 Å². The van der Waals surface area contributed by atoms with Crippen molar-refractivity contribution in [3.05, 3.63) is 70.7 Å². The van der Waals surface area contributed by atoms with Gasteiger partial charge in [-0.3, -0.25) is 14.4 Å². The second-order valence-electron chi connectivity index (χ2n) is 7.31. The van der Waals surface area contributed by atoms with Crippen LogP contribution in [-0.2, 0) is 32.0 Å². The number of carboxylic acid groups (broad SMARTS) is 1. The topological polar surface area (TPSA) is 125 Å². The van der Waals surface area contributed by atoms with Gasteiger partial charge in [-0.1, -0.05) is 54.1 Å². The molecule has 2 aromatic carbocycles. The van der Waals surface area contributed by atoms with Gasteiger partial charge < -0.3 is 21.1 Å². The maximum absolute atomic E-state index is 12.4. The number of amides is 3. The van der Waals surface area contributed by atoms with Crippen LogP contribution in [0.3, 0.4) is 0 Å². The van der Waals surface area contributed by atoms with Gasteiger partial charge in [0.2, 0.25) is 17.7 Å². The van der Waals surface area contributed by atoms with E-state index in [1.807, 2.05) is 30.3 Å². The Morgan fingerprint density at radius 1 is 0.935 bits per heavy atom. The summed E-state index contributed by atoms with van der Waals surface area (Å²) in [6, 6.07) is 12.9. The summed E-state index contributed by atoms with van der Waals surface area (Å²) in [6.45, 7) is 0. The minimum atomic E-state index is -1.21. The number of piperazine rings is 1. The lowest BCUT2D eigenvalue weighted by Gasteiger charge is -2.29. The van der Waals surface area contributed by atoms with E-state index in [4.69, 9.17) is 11.6 Å². The molecule has 0 aliphatic carbocycles. The fourth-order valence-corrected chi connectivity index (χ4v) is 3.43. The molecule has 0 unspecified atom stereocenters. The third kappa shape index (κ3) is 6.29. The largest absolute Gasteiger partial charge is 0.480 e. The monoisotopic (exact) mass is 443 g/mol. The predicted molar refractivity (Wildman–Crippen MR) is 113 cm³/mol. The summed E-state index contributed by atoms with van der Waals surface area (Å²) in [5.41, 5.74) is 1.58. The number of aliphatic carboxylic acids is 1. The summed E-state index contributed by atoms with van der Waals surface area (Å²) in [7, 11) is 0. The molecule has 0 spiro atoms. The molecule has 0 saturated carbocycles. The van der Waals surface area contributed by atoms with E-state index in [0.29, 0.717) is 17.0 Å². The average Bonchev–Trinajstić information content (AvgIpc) is 2.73. The molecule has 4 N–H and O–H groups in total. The van der Waals surface area contributed by atoms with Crippen molar-refractivity contribution in [2.24, 2.45) is 0 Å². The maximum atomic E-state index is 12.4. The molecule has 9 heteroatoms. The first-order valence-corrected chi connectivity index (χ1v) is 10.1. The van der Waals surface area contributed by atoms with E-state index in [9.17, 15) is 24.3 Å². The third-order valence-corrected chi connectivity index (χ3v) is 5.18. The van der Waals surface area contributed by atoms with E-state index < -0.39 is 41.8 Å². The van der Waals surface area contributed by atoms with Crippen LogP contribution in [0, 0.1) is 0 Å². The van der Waals surface area contributed by atoms with Crippen molar-refractivity contribution in [2.75, 3.05) is 0 Å². The molecular formula is C22H22ClN3O5. The lowest BCUT2D eigenvalue weighted by atomic mass is 10.0. The summed E-state index contributed by atoms with van der Waals surface area (Å²) < 4.78 is 0. The third-order valence-electron chi connectivity index (χ3n) is 4.92. The number of hydrogen-bond donors (Lipinski definition) is 4. The van der Waals surface area contributed by atoms with Crippen LogP contribution in [-0.4, -0.2) is 46.9 Å². The van der Waals surface area contributed by atoms with Gasteiger partial charge in [0.05, 0.1) is 6.42 Å². The number of carboxylic acids is 1. The molecule has 1 heterocycles. The highest BCUT2D eigenvalue weighted by Gasteiger charge is 2.35. The van der Waals surface area contributed by atoms with E-state index in [1.54, 1.807) is 24.3 Å². The normalized spacial score (nSPS) is 19.1. The Bertz CT molecular complexity index is 965. The Labute approximate surface area is 184 Å². The molecule has 3 amide bonds. The average molecular weight is 444 g/mol. The minimum absolute atomic E-state index is 0.0562. The molecule has 1 saturated heterocycles. The van der Waals surface area contributed by atoms with Gasteiger partial charge in [0.1, 0.15) is 18.1 Å². The van der Waals surface area contributed by atoms with Crippen molar-refractivity contribution in [1.29, 1.82) is 0 Å². The number of nitrogens with one attached hydrogen (secondary N) is 3. The summed E-state index contributed by atoms with van der Waals surface area (Å²) in [6.07, 6.45) is 0.0279. The number of rotatable bonds is 8. The summed E-state index contributed by atoms with van der Waals surface area (Å²) in [5.74, 6) is -2.73. The molecule has 3 rings (SSSR count). The predicted octanol–water partition coefficient (Wildman–Crippen LogP) is 1.07. The highest BCUT2D eigenvalue weighted by Crippen LogP contribution is 2.12. The molecular weight excluding hydrogens is 422 g/mol. The molecule has 2 aromatic rings. The first-order valence-electron chi connectivity index (χ1n) is 9.73. The Morgan fingerprint density at radius 3 is 2.19 bits per heavy atom. The van der Waals surface area contributed by atoms with Crippen LogP contribution in [0.1, 0.15) is 17.5 Å². The lowest BCUT2D eigenvalue weighted by molar-refractivity contribution is -0.142. The smallest absolute Gasteiger partial charge is 0.326 e. The fourth-order valence-electron chi connectivity index (χ4n) is 3.31. The molecule has 0 aromatic heterocycles. The second-order valence-corrected chi connectivity index (χ2v) is 7.74. The molecule has 1 aliphatic heterocycles. The van der Waals surface area contributed by atoms with Crippen LogP contribution in [0.2, 0.25) is 5.02 Å². The zero-order chi connectivity index (χ0) is 22.4. The van der Waals surface area contributed by atoms with Crippen molar-refractivity contribution < 1.29 is 24.3 Å². The van der Waals surface area contributed by atoms with Gasteiger partial charge >= 0.3 is 5.97 Å². The van der Waals surface area contributed by atoms with Crippen LogP contribution in [0.15, 0.2) is 54.6 Å². The summed E-state index contributed by atoms with van der Waals surface area (Å²) >= 11 is 5.83. The van der Waals surface area contributed by atoms with E-state index >= 15 is 0 Å². The number of hydrogen-bond acceptors (Lipinski definition) is 4. The van der Waals surface area contributed by atoms with Crippen LogP contribution in [0.4, 0.5) is 0 Å². The van der Waals surface area contributed by atoms with Crippen molar-refractivity contribution in [3.8, 4) is 0 Å². The van der Waals surface area contributed by atoms with Crippen LogP contribution < -0.4 is 16.0 Å². The molecule has 0 radical (unpaired) electrons. The van der Waals surface area contributed by atoms with E-state index in [0.717, 1.165) is 5.56 Å². The number of benzene rings is 2. The molecule has 162 valence electrons. The van der Waals surface area contributed by atoms with Crippen LogP contribution in [0.5, 0.6) is 0 Å². The number of carbonyl (C=O) groups is 4. The first kappa shape index (κ1) is 22.3. The summed E-state index contributed by atoms with van der Waals surface area (Å²) in [5, 5.41) is 17.5. The van der Waals surface area contributed by atoms with Gasteiger partial charge in [-0.15, -0.1) is 0 Å². The Morgan fingerprint density at radius 2 is 1.55 bits per heavy atom. The van der Waals surface area contributed by atoms with E-state index in [2.05, 4.69) is 16.0 Å². The van der Waals surface area contributed by atoms with Crippen LogP contribution >= 0.6 is 11.6 Å².